The number of carbonyl (C=O) groups is 3. The molecule has 0 aromatic heterocycles. The second-order valence-corrected chi connectivity index (χ2v) is 8.44. The van der Waals surface area contributed by atoms with Crippen molar-refractivity contribution < 1.29 is 19.1 Å². The zero-order chi connectivity index (χ0) is 22.1. The van der Waals surface area contributed by atoms with Crippen LogP contribution in [0.3, 0.4) is 0 Å². The first-order valence-corrected chi connectivity index (χ1v) is 10.6. The number of piperazine rings is 2. The topological polar surface area (TPSA) is 79.0 Å². The highest BCUT2D eigenvalue weighted by molar-refractivity contribution is 6.35. The molecule has 7 nitrogen and oxygen atoms in total. The second-order valence-electron chi connectivity index (χ2n) is 7.57. The van der Waals surface area contributed by atoms with E-state index in [1.54, 1.807) is 35.1 Å². The number of nitrogens with one attached hydrogen (secondary N) is 1. The quantitative estimate of drug-likeness (QED) is 0.757. The SMILES string of the molecule is COc1ccc(C[C@@H]2NC(=O)[C@H]3CN(C(=O)c4cc(Cl)cc(Cl)c4)CCN3C2=O)cc1. The van der Waals surface area contributed by atoms with Gasteiger partial charge in [0, 0.05) is 35.1 Å². The Morgan fingerprint density at radius 1 is 1.10 bits per heavy atom. The molecule has 2 aliphatic rings. The Hall–Kier alpha value is -2.77. The summed E-state index contributed by atoms with van der Waals surface area (Å²) in [6, 6.07) is 10.7. The molecule has 9 heteroatoms. The van der Waals surface area contributed by atoms with Crippen LogP contribution in [0.5, 0.6) is 5.75 Å². The lowest BCUT2D eigenvalue weighted by Crippen LogP contribution is -2.70. The van der Waals surface area contributed by atoms with Crippen molar-refractivity contribution in [2.75, 3.05) is 26.7 Å². The van der Waals surface area contributed by atoms with Crippen molar-refractivity contribution >= 4 is 40.9 Å². The lowest BCUT2D eigenvalue weighted by atomic mass is 9.98. The Morgan fingerprint density at radius 3 is 2.42 bits per heavy atom. The normalized spacial score (nSPS) is 20.9. The highest BCUT2D eigenvalue weighted by atomic mass is 35.5. The van der Waals surface area contributed by atoms with Gasteiger partial charge in [0.15, 0.2) is 0 Å². The van der Waals surface area contributed by atoms with Gasteiger partial charge in [0.05, 0.1) is 13.7 Å². The van der Waals surface area contributed by atoms with Crippen LogP contribution in [0.15, 0.2) is 42.5 Å². The minimum absolute atomic E-state index is 0.121. The molecule has 2 aliphatic heterocycles. The van der Waals surface area contributed by atoms with Crippen LogP contribution >= 0.6 is 23.2 Å². The minimum atomic E-state index is -0.716. The number of hydrogen-bond donors (Lipinski definition) is 1. The van der Waals surface area contributed by atoms with E-state index in [9.17, 15) is 14.4 Å². The molecule has 2 aromatic carbocycles. The summed E-state index contributed by atoms with van der Waals surface area (Å²) in [5.74, 6) is 0.0484. The molecule has 2 aromatic rings. The molecule has 2 atom stereocenters. The molecule has 0 aliphatic carbocycles. The van der Waals surface area contributed by atoms with Gasteiger partial charge in [-0.1, -0.05) is 35.3 Å². The molecule has 2 saturated heterocycles. The number of hydrogen-bond acceptors (Lipinski definition) is 4. The molecular weight excluding hydrogens is 441 g/mol. The fourth-order valence-electron chi connectivity index (χ4n) is 3.98. The van der Waals surface area contributed by atoms with E-state index >= 15 is 0 Å². The van der Waals surface area contributed by atoms with Gasteiger partial charge in [0.1, 0.15) is 17.8 Å². The Morgan fingerprint density at radius 2 is 1.77 bits per heavy atom. The van der Waals surface area contributed by atoms with Crippen LogP contribution in [0.2, 0.25) is 10.0 Å². The number of ether oxygens (including phenoxy) is 1. The Labute approximate surface area is 189 Å². The van der Waals surface area contributed by atoms with Crippen LogP contribution in [0.25, 0.3) is 0 Å². The molecule has 0 spiro atoms. The molecule has 0 bridgehead atoms. The van der Waals surface area contributed by atoms with Crippen molar-refractivity contribution in [3.63, 3.8) is 0 Å². The largest absolute Gasteiger partial charge is 0.497 e. The summed E-state index contributed by atoms with van der Waals surface area (Å²) in [6.45, 7) is 0.736. The van der Waals surface area contributed by atoms with Crippen molar-refractivity contribution in [2.24, 2.45) is 0 Å². The molecule has 1 N–H and O–H groups in total. The monoisotopic (exact) mass is 461 g/mol. The van der Waals surface area contributed by atoms with E-state index in [2.05, 4.69) is 5.32 Å². The Kier molecular flexibility index (Phi) is 6.07. The smallest absolute Gasteiger partial charge is 0.254 e. The second kappa shape index (κ2) is 8.77. The third-order valence-electron chi connectivity index (χ3n) is 5.58. The number of nitrogens with zero attached hydrogens (tertiary/aromatic N) is 2. The maximum Gasteiger partial charge on any atom is 0.254 e. The van der Waals surface area contributed by atoms with Crippen LogP contribution in [0.1, 0.15) is 15.9 Å². The fraction of sp³-hybridized carbons (Fsp3) is 0.318. The van der Waals surface area contributed by atoms with Crippen molar-refractivity contribution in [1.29, 1.82) is 0 Å². The van der Waals surface area contributed by atoms with Gasteiger partial charge in [-0.2, -0.15) is 0 Å². The van der Waals surface area contributed by atoms with Crippen LogP contribution in [0.4, 0.5) is 0 Å². The third-order valence-corrected chi connectivity index (χ3v) is 6.01. The van der Waals surface area contributed by atoms with E-state index in [4.69, 9.17) is 27.9 Å². The molecule has 3 amide bonds. The summed E-state index contributed by atoms with van der Waals surface area (Å²) in [5.41, 5.74) is 1.27. The van der Waals surface area contributed by atoms with Gasteiger partial charge in [0.25, 0.3) is 5.91 Å². The van der Waals surface area contributed by atoms with E-state index < -0.39 is 12.1 Å². The first-order chi connectivity index (χ1) is 14.9. The van der Waals surface area contributed by atoms with E-state index in [1.165, 1.54) is 0 Å². The van der Waals surface area contributed by atoms with Gasteiger partial charge in [-0.25, -0.2) is 0 Å². The van der Waals surface area contributed by atoms with Gasteiger partial charge in [-0.15, -0.1) is 0 Å². The number of rotatable bonds is 4. The summed E-state index contributed by atoms with van der Waals surface area (Å²) in [4.78, 5) is 41.8. The van der Waals surface area contributed by atoms with Crippen molar-refractivity contribution in [1.82, 2.24) is 15.1 Å². The van der Waals surface area contributed by atoms with Crippen LogP contribution in [0, 0.1) is 0 Å². The first kappa shape index (κ1) is 21.5. The third kappa shape index (κ3) is 4.48. The van der Waals surface area contributed by atoms with Gasteiger partial charge < -0.3 is 19.9 Å². The van der Waals surface area contributed by atoms with Crippen molar-refractivity contribution in [2.45, 2.75) is 18.5 Å². The predicted molar refractivity (Wildman–Crippen MR) is 116 cm³/mol. The van der Waals surface area contributed by atoms with Crippen molar-refractivity contribution in [3.8, 4) is 5.75 Å². The summed E-state index contributed by atoms with van der Waals surface area (Å²) >= 11 is 12.0. The number of methoxy groups -OCH3 is 1. The van der Waals surface area contributed by atoms with E-state index in [0.717, 1.165) is 11.3 Å². The zero-order valence-electron chi connectivity index (χ0n) is 16.8. The van der Waals surface area contributed by atoms with Crippen LogP contribution in [-0.2, 0) is 16.0 Å². The molecule has 2 heterocycles. The molecular formula is C22H21Cl2N3O4. The lowest BCUT2D eigenvalue weighted by molar-refractivity contribution is -0.152. The van der Waals surface area contributed by atoms with E-state index in [1.807, 2.05) is 24.3 Å². The van der Waals surface area contributed by atoms with Gasteiger partial charge in [-0.05, 0) is 35.9 Å². The number of fused-ring (bicyclic) bond motifs is 1. The maximum absolute atomic E-state index is 13.0. The van der Waals surface area contributed by atoms with E-state index in [0.29, 0.717) is 28.6 Å². The minimum Gasteiger partial charge on any atom is -0.497 e. The summed E-state index contributed by atoms with van der Waals surface area (Å²) in [7, 11) is 1.59. The standard InChI is InChI=1S/C22H21Cl2N3O4/c1-31-17-4-2-13(3-5-17)8-18-22(30)27-7-6-26(12-19(27)20(28)25-18)21(29)14-9-15(23)11-16(24)10-14/h2-5,9-11,18-19H,6-8,12H2,1H3,(H,25,28)/t18-,19+/m0/s1. The van der Waals surface area contributed by atoms with E-state index in [-0.39, 0.29) is 30.8 Å². The molecule has 0 radical (unpaired) electrons. The highest BCUT2D eigenvalue weighted by Gasteiger charge is 2.44. The molecule has 162 valence electrons. The molecule has 0 unspecified atom stereocenters. The Balaban J connectivity index is 1.45. The molecule has 0 saturated carbocycles. The summed E-state index contributed by atoms with van der Waals surface area (Å²) in [5, 5.41) is 3.54. The van der Waals surface area contributed by atoms with Gasteiger partial charge in [0.2, 0.25) is 11.8 Å². The van der Waals surface area contributed by atoms with Crippen LogP contribution in [-0.4, -0.2) is 66.3 Å². The average molecular weight is 462 g/mol. The average Bonchev–Trinajstić information content (AvgIpc) is 2.76. The number of benzene rings is 2. The summed E-state index contributed by atoms with van der Waals surface area (Å²) in [6.07, 6.45) is 0.390. The summed E-state index contributed by atoms with van der Waals surface area (Å²) < 4.78 is 5.15. The van der Waals surface area contributed by atoms with Crippen LogP contribution < -0.4 is 10.1 Å². The van der Waals surface area contributed by atoms with Gasteiger partial charge in [-0.3, -0.25) is 14.4 Å². The first-order valence-electron chi connectivity index (χ1n) is 9.85. The predicted octanol–water partition coefficient (Wildman–Crippen LogP) is 2.40. The highest BCUT2D eigenvalue weighted by Crippen LogP contribution is 2.23. The zero-order valence-corrected chi connectivity index (χ0v) is 18.3. The molecule has 4 rings (SSSR count). The van der Waals surface area contributed by atoms with Crippen molar-refractivity contribution in [3.05, 3.63) is 63.6 Å². The maximum atomic E-state index is 13.0. The number of halogens is 2. The molecule has 2 fully saturated rings. The fourth-order valence-corrected chi connectivity index (χ4v) is 4.51. The number of amides is 3. The number of carbonyl (C=O) groups excluding carboxylic acids is 3. The molecule has 31 heavy (non-hydrogen) atoms. The van der Waals surface area contributed by atoms with Gasteiger partial charge >= 0.3 is 0 Å². The Bertz CT molecular complexity index is 1010. The lowest BCUT2D eigenvalue weighted by Gasteiger charge is -2.45.